The first-order valence-electron chi connectivity index (χ1n) is 5.76. The molecule has 0 aliphatic rings. The molecule has 1 aromatic heterocycles. The van der Waals surface area contributed by atoms with E-state index in [0.29, 0.717) is 12.2 Å². The Hall–Kier alpha value is -1.85. The predicted octanol–water partition coefficient (Wildman–Crippen LogP) is 4.22. The van der Waals surface area contributed by atoms with Crippen LogP contribution in [0.2, 0.25) is 10.0 Å². The Morgan fingerprint density at radius 3 is 2.60 bits per heavy atom. The summed E-state index contributed by atoms with van der Waals surface area (Å²) < 4.78 is 0. The van der Waals surface area contributed by atoms with Gasteiger partial charge in [0.05, 0.1) is 15.0 Å². The molecule has 0 fully saturated rings. The molecule has 1 N–H and O–H groups in total. The molecule has 1 aromatic carbocycles. The molecule has 1 heterocycles. The van der Waals surface area contributed by atoms with Crippen LogP contribution in [0.5, 0.6) is 0 Å². The number of nitrogens with zero attached hydrogens (tertiary/aromatic N) is 2. The molecule has 0 unspecified atom stereocenters. The summed E-state index contributed by atoms with van der Waals surface area (Å²) in [6.45, 7) is 2.30. The van der Waals surface area contributed by atoms with Crippen LogP contribution in [0.3, 0.4) is 0 Å². The molecule has 0 spiro atoms. The van der Waals surface area contributed by atoms with Crippen LogP contribution in [0.25, 0.3) is 0 Å². The van der Waals surface area contributed by atoms with Gasteiger partial charge in [0.15, 0.2) is 0 Å². The number of benzene rings is 1. The lowest BCUT2D eigenvalue weighted by Gasteiger charge is -2.08. The van der Waals surface area contributed by atoms with E-state index in [0.717, 1.165) is 11.3 Å². The maximum Gasteiger partial charge on any atom is 0.293 e. The number of nitro benzene ring substituents is 1. The van der Waals surface area contributed by atoms with Gasteiger partial charge in [-0.25, -0.2) is 0 Å². The average Bonchev–Trinajstić information content (AvgIpc) is 2.41. The third-order valence-corrected chi connectivity index (χ3v) is 3.41. The molecule has 0 saturated heterocycles. The zero-order valence-corrected chi connectivity index (χ0v) is 12.1. The quantitative estimate of drug-likeness (QED) is 0.678. The summed E-state index contributed by atoms with van der Waals surface area (Å²) in [6.07, 6.45) is 1.71. The van der Waals surface area contributed by atoms with Crippen molar-refractivity contribution in [3.8, 4) is 0 Å². The smallest absolute Gasteiger partial charge is 0.293 e. The maximum atomic E-state index is 11.0. The third-order valence-electron chi connectivity index (χ3n) is 2.69. The van der Waals surface area contributed by atoms with E-state index < -0.39 is 4.92 Å². The van der Waals surface area contributed by atoms with Crippen LogP contribution in [0.4, 0.5) is 11.4 Å². The van der Waals surface area contributed by atoms with E-state index in [1.807, 2.05) is 19.1 Å². The lowest BCUT2D eigenvalue weighted by atomic mass is 10.2. The van der Waals surface area contributed by atoms with Crippen molar-refractivity contribution in [3.05, 3.63) is 61.9 Å². The van der Waals surface area contributed by atoms with E-state index in [4.69, 9.17) is 23.2 Å². The number of anilines is 1. The molecule has 20 heavy (non-hydrogen) atoms. The highest BCUT2D eigenvalue weighted by molar-refractivity contribution is 6.42. The number of aromatic nitrogens is 1. The van der Waals surface area contributed by atoms with Crippen LogP contribution in [0.1, 0.15) is 11.3 Å². The number of pyridine rings is 1. The number of hydrogen-bond acceptors (Lipinski definition) is 4. The molecule has 2 rings (SSSR count). The molecule has 0 atom stereocenters. The summed E-state index contributed by atoms with van der Waals surface area (Å²) in [5.74, 6) is 0. The highest BCUT2D eigenvalue weighted by atomic mass is 35.5. The fourth-order valence-electron chi connectivity index (χ4n) is 1.63. The molecule has 5 nitrogen and oxygen atoms in total. The van der Waals surface area contributed by atoms with Crippen LogP contribution in [-0.2, 0) is 6.54 Å². The molecule has 0 aliphatic heterocycles. The number of rotatable bonds is 4. The second-order valence-corrected chi connectivity index (χ2v) is 5.02. The van der Waals surface area contributed by atoms with E-state index in [2.05, 4.69) is 10.3 Å². The van der Waals surface area contributed by atoms with Gasteiger partial charge in [-0.05, 0) is 24.6 Å². The second-order valence-electron chi connectivity index (χ2n) is 4.20. The van der Waals surface area contributed by atoms with E-state index in [-0.39, 0.29) is 15.7 Å². The van der Waals surface area contributed by atoms with Crippen LogP contribution < -0.4 is 5.32 Å². The van der Waals surface area contributed by atoms with Crippen LogP contribution in [-0.4, -0.2) is 9.91 Å². The summed E-state index contributed by atoms with van der Waals surface area (Å²) in [5, 5.41) is 14.4. The molecule has 0 aliphatic carbocycles. The van der Waals surface area contributed by atoms with E-state index in [1.54, 1.807) is 6.20 Å². The van der Waals surface area contributed by atoms with Crippen LogP contribution in [0, 0.1) is 17.0 Å². The first kappa shape index (κ1) is 14.6. The van der Waals surface area contributed by atoms with Gasteiger partial charge in [-0.15, -0.1) is 0 Å². The van der Waals surface area contributed by atoms with Crippen LogP contribution >= 0.6 is 23.2 Å². The monoisotopic (exact) mass is 311 g/mol. The Bertz CT molecular complexity index is 645. The standard InChI is InChI=1S/C13H11Cl2N3O2/c1-8-2-3-9(6-16-8)7-17-12-4-10(14)11(15)5-13(12)18(19)20/h2-6,17H,7H2,1H3. The van der Waals surface area contributed by atoms with Gasteiger partial charge in [0.1, 0.15) is 5.69 Å². The van der Waals surface area contributed by atoms with Crippen LogP contribution in [0.15, 0.2) is 30.5 Å². The maximum absolute atomic E-state index is 11.0. The Labute approximate surface area is 125 Å². The molecule has 0 bridgehead atoms. The highest BCUT2D eigenvalue weighted by Gasteiger charge is 2.16. The minimum atomic E-state index is -0.502. The largest absolute Gasteiger partial charge is 0.375 e. The topological polar surface area (TPSA) is 68.1 Å². The third kappa shape index (κ3) is 3.37. The van der Waals surface area contributed by atoms with E-state index in [1.165, 1.54) is 12.1 Å². The molecule has 0 radical (unpaired) electrons. The number of aryl methyl sites for hydroxylation is 1. The molecular weight excluding hydrogens is 301 g/mol. The molecular formula is C13H11Cl2N3O2. The zero-order valence-electron chi connectivity index (χ0n) is 10.6. The predicted molar refractivity (Wildman–Crippen MR) is 79.4 cm³/mol. The second kappa shape index (κ2) is 6.07. The van der Waals surface area contributed by atoms with Crippen molar-refractivity contribution >= 4 is 34.6 Å². The highest BCUT2D eigenvalue weighted by Crippen LogP contribution is 2.34. The van der Waals surface area contributed by atoms with Crippen molar-refractivity contribution in [2.75, 3.05) is 5.32 Å². The van der Waals surface area contributed by atoms with Gasteiger partial charge < -0.3 is 5.32 Å². The first-order valence-corrected chi connectivity index (χ1v) is 6.52. The molecule has 2 aromatic rings. The Kier molecular flexibility index (Phi) is 4.42. The average molecular weight is 312 g/mol. The zero-order chi connectivity index (χ0) is 14.7. The number of nitrogens with one attached hydrogen (secondary N) is 1. The van der Waals surface area contributed by atoms with Gasteiger partial charge in [-0.2, -0.15) is 0 Å². The summed E-state index contributed by atoms with van der Waals surface area (Å²) in [4.78, 5) is 14.7. The van der Waals surface area contributed by atoms with Crippen molar-refractivity contribution in [1.29, 1.82) is 0 Å². The fraction of sp³-hybridized carbons (Fsp3) is 0.154. The summed E-state index contributed by atoms with van der Waals surface area (Å²) in [7, 11) is 0. The summed E-state index contributed by atoms with van der Waals surface area (Å²) >= 11 is 11.7. The fourth-order valence-corrected chi connectivity index (χ4v) is 1.95. The lowest BCUT2D eigenvalue weighted by molar-refractivity contribution is -0.383. The van der Waals surface area contributed by atoms with Gasteiger partial charge >= 0.3 is 0 Å². The Morgan fingerprint density at radius 1 is 1.30 bits per heavy atom. The Morgan fingerprint density at radius 2 is 2.00 bits per heavy atom. The molecule has 7 heteroatoms. The first-order chi connectivity index (χ1) is 9.47. The van der Waals surface area contributed by atoms with Crippen molar-refractivity contribution < 1.29 is 4.92 Å². The van der Waals surface area contributed by atoms with Gasteiger partial charge in [0.25, 0.3) is 5.69 Å². The Balaban J connectivity index is 2.22. The molecule has 104 valence electrons. The minimum absolute atomic E-state index is 0.112. The van der Waals surface area contributed by atoms with E-state index in [9.17, 15) is 10.1 Å². The number of halogens is 2. The molecule has 0 saturated carbocycles. The van der Waals surface area contributed by atoms with Crippen molar-refractivity contribution in [1.82, 2.24) is 4.98 Å². The van der Waals surface area contributed by atoms with Gasteiger partial charge in [0.2, 0.25) is 0 Å². The SMILES string of the molecule is Cc1ccc(CNc2cc(Cl)c(Cl)cc2[N+](=O)[O-])cn1. The van der Waals surface area contributed by atoms with Crippen molar-refractivity contribution in [2.45, 2.75) is 13.5 Å². The summed E-state index contributed by atoms with van der Waals surface area (Å²) in [5.41, 5.74) is 2.04. The van der Waals surface area contributed by atoms with Gasteiger partial charge in [0, 0.05) is 24.5 Å². The molecule has 0 amide bonds. The summed E-state index contributed by atoms with van der Waals surface area (Å²) in [6, 6.07) is 6.46. The number of hydrogen-bond donors (Lipinski definition) is 1. The lowest BCUT2D eigenvalue weighted by Crippen LogP contribution is -2.03. The van der Waals surface area contributed by atoms with Crippen molar-refractivity contribution in [3.63, 3.8) is 0 Å². The van der Waals surface area contributed by atoms with Crippen molar-refractivity contribution in [2.24, 2.45) is 0 Å². The van der Waals surface area contributed by atoms with E-state index >= 15 is 0 Å². The normalized spacial score (nSPS) is 10.3. The number of nitro groups is 1. The van der Waals surface area contributed by atoms with Gasteiger partial charge in [-0.3, -0.25) is 15.1 Å². The minimum Gasteiger partial charge on any atom is -0.375 e. The van der Waals surface area contributed by atoms with Gasteiger partial charge in [-0.1, -0.05) is 29.3 Å².